The molecule has 6 nitrogen and oxygen atoms in total. The molecular weight excluding hydrogens is 250 g/mol. The number of hydrogen-bond donors (Lipinski definition) is 1. The van der Waals surface area contributed by atoms with Crippen LogP contribution in [0.2, 0.25) is 0 Å². The largest absolute Gasteiger partial charge is 0.464 e. The van der Waals surface area contributed by atoms with Crippen molar-refractivity contribution in [2.75, 3.05) is 41.9 Å². The zero-order valence-corrected chi connectivity index (χ0v) is 11.8. The van der Waals surface area contributed by atoms with E-state index in [9.17, 15) is 0 Å². The number of anilines is 2. The van der Waals surface area contributed by atoms with E-state index in [1.165, 1.54) is 0 Å². The van der Waals surface area contributed by atoms with Gasteiger partial charge in [-0.3, -0.25) is 0 Å². The molecule has 0 amide bonds. The van der Waals surface area contributed by atoms with Crippen molar-refractivity contribution in [2.24, 2.45) is 0 Å². The number of nitrogens with zero attached hydrogens (tertiary/aromatic N) is 4. The molecule has 18 heavy (non-hydrogen) atoms. The third-order valence-electron chi connectivity index (χ3n) is 2.72. The molecule has 100 valence electrons. The molecule has 7 heteroatoms. The van der Waals surface area contributed by atoms with Gasteiger partial charge in [0.15, 0.2) is 0 Å². The van der Waals surface area contributed by atoms with E-state index in [2.05, 4.69) is 32.1 Å². The summed E-state index contributed by atoms with van der Waals surface area (Å²) in [7, 11) is 1.80. The molecule has 0 aromatic carbocycles. The molecule has 1 unspecified atom stereocenters. The Bertz CT molecular complexity index is 403. The van der Waals surface area contributed by atoms with Gasteiger partial charge in [-0.1, -0.05) is 0 Å². The first-order valence-corrected chi connectivity index (χ1v) is 7.31. The van der Waals surface area contributed by atoms with E-state index in [4.69, 9.17) is 4.74 Å². The quantitative estimate of drug-likeness (QED) is 0.882. The zero-order valence-electron chi connectivity index (χ0n) is 11.0. The first-order chi connectivity index (χ1) is 8.74. The van der Waals surface area contributed by atoms with Crippen LogP contribution < -0.4 is 15.0 Å². The smallest absolute Gasteiger partial charge is 0.323 e. The highest BCUT2D eigenvalue weighted by molar-refractivity contribution is 7.99. The Balaban J connectivity index is 2.27. The number of aromatic nitrogens is 3. The Kier molecular flexibility index (Phi) is 4.46. The van der Waals surface area contributed by atoms with Gasteiger partial charge in [0, 0.05) is 31.1 Å². The van der Waals surface area contributed by atoms with Crippen LogP contribution in [0.4, 0.5) is 11.9 Å². The third-order valence-corrected chi connectivity index (χ3v) is 3.91. The van der Waals surface area contributed by atoms with Crippen LogP contribution in [0.5, 0.6) is 6.01 Å². The highest BCUT2D eigenvalue weighted by Crippen LogP contribution is 2.22. The maximum absolute atomic E-state index is 5.38. The molecule has 0 radical (unpaired) electrons. The molecular formula is C11H19N5OS. The average molecular weight is 269 g/mol. The van der Waals surface area contributed by atoms with E-state index < -0.39 is 0 Å². The Hall–Kier alpha value is -1.24. The van der Waals surface area contributed by atoms with E-state index in [1.807, 2.05) is 18.7 Å². The van der Waals surface area contributed by atoms with Gasteiger partial charge < -0.3 is 15.0 Å². The highest BCUT2D eigenvalue weighted by atomic mass is 32.2. The molecule has 0 bridgehead atoms. The Labute approximate surface area is 112 Å². The summed E-state index contributed by atoms with van der Waals surface area (Å²) in [6, 6.07) is 0.822. The van der Waals surface area contributed by atoms with E-state index in [-0.39, 0.29) is 0 Å². The van der Waals surface area contributed by atoms with Gasteiger partial charge in [-0.2, -0.15) is 26.7 Å². The Morgan fingerprint density at radius 1 is 1.44 bits per heavy atom. The fourth-order valence-corrected chi connectivity index (χ4v) is 2.82. The standard InChI is InChI=1S/C11H19N5OS/c1-4-17-11-14-9(12-3)13-10(15-11)16-5-6-18-7-8(16)2/h8H,4-7H2,1-3H3,(H,12,13,14,15). The van der Waals surface area contributed by atoms with E-state index in [1.54, 1.807) is 7.05 Å². The van der Waals surface area contributed by atoms with Crippen molar-refractivity contribution < 1.29 is 4.74 Å². The van der Waals surface area contributed by atoms with Crippen molar-refractivity contribution in [1.82, 2.24) is 15.0 Å². The molecule has 1 aromatic rings. The van der Waals surface area contributed by atoms with E-state index >= 15 is 0 Å². The summed E-state index contributed by atoms with van der Waals surface area (Å²) in [6.07, 6.45) is 0. The Morgan fingerprint density at radius 3 is 2.94 bits per heavy atom. The van der Waals surface area contributed by atoms with Gasteiger partial charge in [-0.25, -0.2) is 0 Å². The van der Waals surface area contributed by atoms with Gasteiger partial charge in [0.1, 0.15) is 0 Å². The second-order valence-electron chi connectivity index (χ2n) is 4.04. The minimum Gasteiger partial charge on any atom is -0.464 e. The summed E-state index contributed by atoms with van der Waals surface area (Å²) in [5.74, 6) is 3.46. The van der Waals surface area contributed by atoms with Crippen molar-refractivity contribution in [3.8, 4) is 6.01 Å². The van der Waals surface area contributed by atoms with Gasteiger partial charge in [-0.15, -0.1) is 0 Å². The average Bonchev–Trinajstić information content (AvgIpc) is 2.39. The summed E-state index contributed by atoms with van der Waals surface area (Å²) in [4.78, 5) is 15.2. The number of thioether (sulfide) groups is 1. The van der Waals surface area contributed by atoms with Crippen molar-refractivity contribution in [3.63, 3.8) is 0 Å². The SMILES string of the molecule is CCOc1nc(NC)nc(N2CCSCC2C)n1. The van der Waals surface area contributed by atoms with Crippen LogP contribution in [-0.2, 0) is 0 Å². The molecule has 1 fully saturated rings. The highest BCUT2D eigenvalue weighted by Gasteiger charge is 2.22. The van der Waals surface area contributed by atoms with Crippen LogP contribution in [0.15, 0.2) is 0 Å². The van der Waals surface area contributed by atoms with Crippen molar-refractivity contribution in [2.45, 2.75) is 19.9 Å². The second-order valence-corrected chi connectivity index (χ2v) is 5.19. The number of nitrogens with one attached hydrogen (secondary N) is 1. The summed E-state index contributed by atoms with van der Waals surface area (Å²) in [5.41, 5.74) is 0. The summed E-state index contributed by atoms with van der Waals surface area (Å²) in [5, 5.41) is 2.95. The number of ether oxygens (including phenoxy) is 1. The van der Waals surface area contributed by atoms with Crippen LogP contribution in [-0.4, -0.2) is 52.7 Å². The molecule has 0 saturated carbocycles. The first kappa shape index (κ1) is 13.2. The monoisotopic (exact) mass is 269 g/mol. The van der Waals surface area contributed by atoms with Gasteiger partial charge in [0.2, 0.25) is 11.9 Å². The van der Waals surface area contributed by atoms with Crippen molar-refractivity contribution in [1.29, 1.82) is 0 Å². The lowest BCUT2D eigenvalue weighted by atomic mass is 10.3. The van der Waals surface area contributed by atoms with Gasteiger partial charge in [0.25, 0.3) is 0 Å². The molecule has 2 heterocycles. The molecule has 0 aliphatic carbocycles. The summed E-state index contributed by atoms with van der Waals surface area (Å²) >= 11 is 1.97. The van der Waals surface area contributed by atoms with Gasteiger partial charge in [0.05, 0.1) is 6.61 Å². The lowest BCUT2D eigenvalue weighted by Gasteiger charge is -2.33. The molecule has 0 spiro atoms. The topological polar surface area (TPSA) is 63.2 Å². The normalized spacial score (nSPS) is 19.7. The fraction of sp³-hybridized carbons (Fsp3) is 0.727. The van der Waals surface area contributed by atoms with Crippen molar-refractivity contribution >= 4 is 23.7 Å². The predicted octanol–water partition coefficient (Wildman–Crippen LogP) is 1.25. The lowest BCUT2D eigenvalue weighted by molar-refractivity contribution is 0.312. The molecule has 1 aliphatic rings. The van der Waals surface area contributed by atoms with Crippen LogP contribution in [0, 0.1) is 0 Å². The van der Waals surface area contributed by atoms with Crippen LogP contribution >= 0.6 is 11.8 Å². The zero-order chi connectivity index (χ0) is 13.0. The summed E-state index contributed by atoms with van der Waals surface area (Å²) in [6.45, 7) is 5.63. The molecule has 1 aromatic heterocycles. The summed E-state index contributed by atoms with van der Waals surface area (Å²) < 4.78 is 5.38. The third kappa shape index (κ3) is 2.95. The van der Waals surface area contributed by atoms with E-state index in [0.717, 1.165) is 18.1 Å². The van der Waals surface area contributed by atoms with Crippen molar-refractivity contribution in [3.05, 3.63) is 0 Å². The maximum atomic E-state index is 5.38. The first-order valence-electron chi connectivity index (χ1n) is 6.15. The number of rotatable bonds is 4. The second kappa shape index (κ2) is 6.08. The molecule has 1 aliphatic heterocycles. The van der Waals surface area contributed by atoms with Gasteiger partial charge in [-0.05, 0) is 13.8 Å². The van der Waals surface area contributed by atoms with Crippen LogP contribution in [0.3, 0.4) is 0 Å². The maximum Gasteiger partial charge on any atom is 0.323 e. The Morgan fingerprint density at radius 2 is 2.28 bits per heavy atom. The predicted molar refractivity (Wildman–Crippen MR) is 74.7 cm³/mol. The van der Waals surface area contributed by atoms with Crippen LogP contribution in [0.25, 0.3) is 0 Å². The molecule has 1 N–H and O–H groups in total. The fourth-order valence-electron chi connectivity index (χ4n) is 1.80. The molecule has 1 atom stereocenters. The van der Waals surface area contributed by atoms with Gasteiger partial charge >= 0.3 is 6.01 Å². The molecule has 2 rings (SSSR count). The van der Waals surface area contributed by atoms with Crippen LogP contribution in [0.1, 0.15) is 13.8 Å². The van der Waals surface area contributed by atoms with E-state index in [0.29, 0.717) is 30.6 Å². The number of hydrogen-bond acceptors (Lipinski definition) is 7. The minimum atomic E-state index is 0.386. The lowest BCUT2D eigenvalue weighted by Crippen LogP contribution is -2.41. The molecule has 1 saturated heterocycles. The minimum absolute atomic E-state index is 0.386.